The molecule has 1 heterocycles. The van der Waals surface area contributed by atoms with Gasteiger partial charge in [-0.1, -0.05) is 30.1 Å². The molecule has 0 aromatic heterocycles. The van der Waals surface area contributed by atoms with E-state index in [9.17, 15) is 9.18 Å². The highest BCUT2D eigenvalue weighted by atomic mass is 35.5. The molecule has 1 amide bonds. The molecule has 0 saturated carbocycles. The number of likely N-dealkylation sites (tertiary alicyclic amines) is 1. The summed E-state index contributed by atoms with van der Waals surface area (Å²) in [5, 5.41) is 0.626. The predicted molar refractivity (Wildman–Crippen MR) is 70.6 cm³/mol. The molecule has 0 aliphatic carbocycles. The number of hydrogen-bond acceptors (Lipinski definition) is 1. The number of carbonyl (C=O) groups is 1. The van der Waals surface area contributed by atoms with Gasteiger partial charge in [0.1, 0.15) is 5.82 Å². The van der Waals surface area contributed by atoms with E-state index in [0.29, 0.717) is 30.1 Å². The summed E-state index contributed by atoms with van der Waals surface area (Å²) in [6, 6.07) is 2.78. The van der Waals surface area contributed by atoms with Crippen molar-refractivity contribution in [2.45, 2.75) is 25.7 Å². The lowest BCUT2D eigenvalue weighted by Crippen LogP contribution is -2.27. The van der Waals surface area contributed by atoms with Gasteiger partial charge < -0.3 is 4.90 Å². The summed E-state index contributed by atoms with van der Waals surface area (Å²) >= 11 is 12.0. The Kier molecular flexibility index (Phi) is 4.13. The van der Waals surface area contributed by atoms with Crippen LogP contribution in [-0.4, -0.2) is 23.9 Å². The second-order valence-corrected chi connectivity index (χ2v) is 5.22. The SMILES string of the molecule is CCC(=O)N1CC[C@H](c2c(F)ccc(Cl)c2Cl)C1. The minimum atomic E-state index is -0.347. The molecule has 98 valence electrons. The fourth-order valence-electron chi connectivity index (χ4n) is 2.36. The minimum Gasteiger partial charge on any atom is -0.342 e. The molecule has 0 N–H and O–H groups in total. The summed E-state index contributed by atoms with van der Waals surface area (Å²) in [7, 11) is 0. The molecule has 1 fully saturated rings. The van der Waals surface area contributed by atoms with Gasteiger partial charge in [-0.15, -0.1) is 0 Å². The normalized spacial score (nSPS) is 19.3. The Morgan fingerprint density at radius 2 is 2.22 bits per heavy atom. The maximum absolute atomic E-state index is 13.8. The van der Waals surface area contributed by atoms with Gasteiger partial charge in [-0.05, 0) is 18.6 Å². The second kappa shape index (κ2) is 5.45. The largest absolute Gasteiger partial charge is 0.342 e. The maximum Gasteiger partial charge on any atom is 0.222 e. The Labute approximate surface area is 116 Å². The molecule has 2 nitrogen and oxygen atoms in total. The Morgan fingerprint density at radius 3 is 2.89 bits per heavy atom. The quantitative estimate of drug-likeness (QED) is 0.757. The summed E-state index contributed by atoms with van der Waals surface area (Å²) < 4.78 is 13.8. The van der Waals surface area contributed by atoms with Gasteiger partial charge in [0.2, 0.25) is 5.91 Å². The third-order valence-electron chi connectivity index (χ3n) is 3.33. The number of rotatable bonds is 2. The predicted octanol–water partition coefficient (Wildman–Crippen LogP) is 3.86. The molecule has 0 unspecified atom stereocenters. The van der Waals surface area contributed by atoms with Gasteiger partial charge in [0.05, 0.1) is 10.0 Å². The third kappa shape index (κ3) is 2.47. The molecule has 0 bridgehead atoms. The number of carbonyl (C=O) groups excluding carboxylic acids is 1. The van der Waals surface area contributed by atoms with Crippen LogP contribution >= 0.6 is 23.2 Å². The highest BCUT2D eigenvalue weighted by Gasteiger charge is 2.30. The first-order valence-corrected chi connectivity index (χ1v) is 6.71. The van der Waals surface area contributed by atoms with E-state index in [2.05, 4.69) is 0 Å². The van der Waals surface area contributed by atoms with Crippen LogP contribution in [0.4, 0.5) is 4.39 Å². The molecule has 1 atom stereocenters. The number of amides is 1. The van der Waals surface area contributed by atoms with Crippen LogP contribution in [0.1, 0.15) is 31.2 Å². The first kappa shape index (κ1) is 13.6. The fraction of sp³-hybridized carbons (Fsp3) is 0.462. The average molecular weight is 290 g/mol. The molecule has 0 spiro atoms. The van der Waals surface area contributed by atoms with Crippen molar-refractivity contribution in [2.75, 3.05) is 13.1 Å². The Bertz CT molecular complexity index is 478. The van der Waals surface area contributed by atoms with E-state index in [0.717, 1.165) is 6.42 Å². The first-order chi connectivity index (χ1) is 8.54. The molecular weight excluding hydrogens is 276 g/mol. The standard InChI is InChI=1S/C13H14Cl2FNO/c1-2-11(18)17-6-5-8(7-17)12-10(16)4-3-9(14)13(12)15/h3-4,8H,2,5-7H2,1H3/t8-/m0/s1. The molecule has 5 heteroatoms. The summed E-state index contributed by atoms with van der Waals surface area (Å²) in [6.45, 7) is 2.99. The molecule has 1 aliphatic rings. The highest BCUT2D eigenvalue weighted by molar-refractivity contribution is 6.42. The average Bonchev–Trinajstić information content (AvgIpc) is 2.83. The van der Waals surface area contributed by atoms with Crippen molar-refractivity contribution >= 4 is 29.1 Å². The number of benzene rings is 1. The smallest absolute Gasteiger partial charge is 0.222 e. The third-order valence-corrected chi connectivity index (χ3v) is 4.15. The van der Waals surface area contributed by atoms with Gasteiger partial charge in [-0.25, -0.2) is 4.39 Å². The number of hydrogen-bond donors (Lipinski definition) is 0. The van der Waals surface area contributed by atoms with Crippen molar-refractivity contribution in [1.29, 1.82) is 0 Å². The Morgan fingerprint density at radius 1 is 1.50 bits per heavy atom. The number of nitrogens with zero attached hydrogens (tertiary/aromatic N) is 1. The van der Waals surface area contributed by atoms with E-state index in [1.54, 1.807) is 4.90 Å². The van der Waals surface area contributed by atoms with Gasteiger partial charge in [0.25, 0.3) is 0 Å². The van der Waals surface area contributed by atoms with Gasteiger partial charge in [0, 0.05) is 31.0 Å². The van der Waals surface area contributed by atoms with E-state index in [1.165, 1.54) is 12.1 Å². The van der Waals surface area contributed by atoms with E-state index in [4.69, 9.17) is 23.2 Å². The molecule has 1 saturated heterocycles. The second-order valence-electron chi connectivity index (χ2n) is 4.44. The van der Waals surface area contributed by atoms with Crippen molar-refractivity contribution in [2.24, 2.45) is 0 Å². The zero-order valence-electron chi connectivity index (χ0n) is 10.0. The molecule has 0 radical (unpaired) electrons. The van der Waals surface area contributed by atoms with Gasteiger partial charge in [0.15, 0.2) is 0 Å². The zero-order chi connectivity index (χ0) is 13.3. The lowest BCUT2D eigenvalue weighted by Gasteiger charge is -2.17. The van der Waals surface area contributed by atoms with Gasteiger partial charge >= 0.3 is 0 Å². The summed E-state index contributed by atoms with van der Waals surface area (Å²) in [5.41, 5.74) is 0.440. The van der Waals surface area contributed by atoms with Crippen molar-refractivity contribution < 1.29 is 9.18 Å². The highest BCUT2D eigenvalue weighted by Crippen LogP contribution is 2.37. The summed E-state index contributed by atoms with van der Waals surface area (Å²) in [5.74, 6) is -0.317. The molecule has 1 aromatic rings. The van der Waals surface area contributed by atoms with Crippen LogP contribution in [0.2, 0.25) is 10.0 Å². The van der Waals surface area contributed by atoms with Crippen LogP contribution in [0.5, 0.6) is 0 Å². The number of halogens is 3. The zero-order valence-corrected chi connectivity index (χ0v) is 11.6. The van der Waals surface area contributed by atoms with Crippen LogP contribution in [0.25, 0.3) is 0 Å². The van der Waals surface area contributed by atoms with Crippen LogP contribution in [0.3, 0.4) is 0 Å². The lowest BCUT2D eigenvalue weighted by atomic mass is 9.98. The monoisotopic (exact) mass is 289 g/mol. The summed E-state index contributed by atoms with van der Waals surface area (Å²) in [4.78, 5) is 13.4. The van der Waals surface area contributed by atoms with Gasteiger partial charge in [-0.2, -0.15) is 0 Å². The maximum atomic E-state index is 13.8. The van der Waals surface area contributed by atoms with Crippen molar-refractivity contribution in [3.63, 3.8) is 0 Å². The van der Waals surface area contributed by atoms with Crippen LogP contribution in [0, 0.1) is 5.82 Å². The van der Waals surface area contributed by atoms with E-state index < -0.39 is 0 Å². The lowest BCUT2D eigenvalue weighted by molar-refractivity contribution is -0.129. The molecule has 18 heavy (non-hydrogen) atoms. The topological polar surface area (TPSA) is 20.3 Å². The molecule has 2 rings (SSSR count). The van der Waals surface area contributed by atoms with Crippen molar-refractivity contribution in [3.05, 3.63) is 33.6 Å². The molecular formula is C13H14Cl2FNO. The molecule has 1 aliphatic heterocycles. The minimum absolute atomic E-state index is 0.0632. The first-order valence-electron chi connectivity index (χ1n) is 5.95. The van der Waals surface area contributed by atoms with E-state index in [1.807, 2.05) is 6.92 Å². The van der Waals surface area contributed by atoms with Gasteiger partial charge in [-0.3, -0.25) is 4.79 Å². The van der Waals surface area contributed by atoms with Crippen LogP contribution < -0.4 is 0 Å². The van der Waals surface area contributed by atoms with Crippen LogP contribution in [0.15, 0.2) is 12.1 Å². The Balaban J connectivity index is 2.24. The molecule has 1 aromatic carbocycles. The summed E-state index contributed by atoms with van der Waals surface area (Å²) in [6.07, 6.45) is 1.20. The van der Waals surface area contributed by atoms with Crippen molar-refractivity contribution in [3.8, 4) is 0 Å². The van der Waals surface area contributed by atoms with E-state index >= 15 is 0 Å². The fourth-order valence-corrected chi connectivity index (χ4v) is 2.84. The van der Waals surface area contributed by atoms with Crippen LogP contribution in [-0.2, 0) is 4.79 Å². The Hall–Kier alpha value is -0.800. The van der Waals surface area contributed by atoms with E-state index in [-0.39, 0.29) is 22.7 Å². The van der Waals surface area contributed by atoms with Crippen molar-refractivity contribution in [1.82, 2.24) is 4.90 Å².